The van der Waals surface area contributed by atoms with Crippen LogP contribution >= 0.6 is 11.3 Å². The molecule has 0 atom stereocenters. The topological polar surface area (TPSA) is 63.1 Å². The average Bonchev–Trinajstić information content (AvgIpc) is 3.47. The summed E-state index contributed by atoms with van der Waals surface area (Å²) < 4.78 is 39.8. The van der Waals surface area contributed by atoms with Gasteiger partial charge in [-0.1, -0.05) is 125 Å². The number of aliphatic hydroxyl groups is 1. The Balaban J connectivity index is 0.000000419. The zero-order chi connectivity index (χ0) is 39.3. The second kappa shape index (κ2) is 18.6. The summed E-state index contributed by atoms with van der Waals surface area (Å²) >= 11 is 1.35. The molecule has 4 nitrogen and oxygen atoms in total. The predicted molar refractivity (Wildman–Crippen MR) is 211 cm³/mol. The molecule has 0 fully saturated rings. The first-order valence-electron chi connectivity index (χ1n) is 18.3. The molecule has 2 aromatic heterocycles. The number of aliphatic hydroxyl groups excluding tert-OH is 1. The van der Waals surface area contributed by atoms with Gasteiger partial charge in [-0.3, -0.25) is 9.78 Å². The number of pyridine rings is 1. The van der Waals surface area contributed by atoms with Gasteiger partial charge >= 0.3 is 6.18 Å². The molecule has 0 spiro atoms. The van der Waals surface area contributed by atoms with Gasteiger partial charge in [0.15, 0.2) is 5.78 Å². The van der Waals surface area contributed by atoms with Crippen LogP contribution in [0.15, 0.2) is 65.9 Å². The minimum atomic E-state index is -4.28. The van der Waals surface area contributed by atoms with E-state index >= 15 is 0 Å². The minimum Gasteiger partial charge on any atom is -0.512 e. The van der Waals surface area contributed by atoms with Gasteiger partial charge in [-0.25, -0.2) is 4.98 Å². The van der Waals surface area contributed by atoms with Crippen molar-refractivity contribution in [3.05, 3.63) is 83.2 Å². The fraction of sp³-hybridized carbons (Fsp3) is 0.523. The van der Waals surface area contributed by atoms with Crippen molar-refractivity contribution in [2.24, 2.45) is 40.9 Å². The molecule has 0 saturated carbocycles. The number of hydrogen-bond donors (Lipinski definition) is 1. The van der Waals surface area contributed by atoms with Gasteiger partial charge in [-0.05, 0) is 35.2 Å². The number of benzene rings is 2. The van der Waals surface area contributed by atoms with E-state index in [1.54, 1.807) is 11.6 Å². The molecule has 4 aromatic rings. The van der Waals surface area contributed by atoms with Crippen LogP contribution in [0.3, 0.4) is 0 Å². The maximum absolute atomic E-state index is 13.3. The van der Waals surface area contributed by atoms with E-state index in [0.717, 1.165) is 22.2 Å². The minimum absolute atomic E-state index is 0. The Labute approximate surface area is 333 Å². The monoisotopic (exact) mass is 928 g/mol. The van der Waals surface area contributed by atoms with Gasteiger partial charge in [0.05, 0.1) is 16.9 Å². The Hall–Kier alpha value is -2.87. The zero-order valence-electron chi connectivity index (χ0n) is 33.6. The van der Waals surface area contributed by atoms with E-state index < -0.39 is 11.6 Å². The maximum atomic E-state index is 13.3. The molecule has 1 radical (unpaired) electrons. The molecule has 9 heteroatoms. The predicted octanol–water partition coefficient (Wildman–Crippen LogP) is 13.1. The number of rotatable bonds is 11. The van der Waals surface area contributed by atoms with E-state index in [9.17, 15) is 23.1 Å². The Morgan fingerprint density at radius 1 is 0.868 bits per heavy atom. The quantitative estimate of drug-likeness (QED) is 0.0925. The number of nitrogens with zero attached hydrogens (tertiary/aromatic N) is 2. The molecule has 2 aromatic carbocycles. The van der Waals surface area contributed by atoms with Crippen molar-refractivity contribution in [3.63, 3.8) is 0 Å². The number of fused-ring (bicyclic) bond motifs is 1. The molecule has 0 amide bonds. The summed E-state index contributed by atoms with van der Waals surface area (Å²) in [6.45, 7) is 25.6. The first-order chi connectivity index (χ1) is 23.9. The van der Waals surface area contributed by atoms with Crippen LogP contribution in [0.1, 0.15) is 101 Å². The second-order valence-corrected chi connectivity index (χ2v) is 17.9. The summed E-state index contributed by atoms with van der Waals surface area (Å²) in [5.41, 5.74) is 2.25. The van der Waals surface area contributed by atoms with E-state index in [2.05, 4.69) is 104 Å². The molecule has 0 bridgehead atoms. The van der Waals surface area contributed by atoms with Gasteiger partial charge in [-0.15, -0.1) is 40.5 Å². The van der Waals surface area contributed by atoms with Crippen molar-refractivity contribution >= 4 is 27.9 Å². The number of hydrogen-bond acceptors (Lipinski definition) is 5. The van der Waals surface area contributed by atoms with E-state index in [1.807, 2.05) is 30.3 Å². The van der Waals surface area contributed by atoms with Gasteiger partial charge < -0.3 is 5.11 Å². The number of halogens is 3. The van der Waals surface area contributed by atoms with Crippen LogP contribution in [0.5, 0.6) is 0 Å². The molecule has 2 heterocycles. The summed E-state index contributed by atoms with van der Waals surface area (Å²) in [7, 11) is 0. The maximum Gasteiger partial charge on any atom is 0.394 e. The molecule has 293 valence electrons. The molecular formula is C44H58F3IrN2O2S-. The van der Waals surface area contributed by atoms with Crippen molar-refractivity contribution in [1.29, 1.82) is 0 Å². The zero-order valence-corrected chi connectivity index (χ0v) is 36.8. The Kier molecular flexibility index (Phi) is 16.3. The van der Waals surface area contributed by atoms with Crippen LogP contribution in [0.25, 0.3) is 32.6 Å². The summed E-state index contributed by atoms with van der Waals surface area (Å²) in [6.07, 6.45) is -1.24. The van der Waals surface area contributed by atoms with Crippen molar-refractivity contribution < 1.29 is 43.2 Å². The summed E-state index contributed by atoms with van der Waals surface area (Å²) in [6, 6.07) is 17.6. The van der Waals surface area contributed by atoms with Crippen molar-refractivity contribution in [2.45, 2.75) is 108 Å². The molecule has 4 rings (SSSR count). The summed E-state index contributed by atoms with van der Waals surface area (Å²) in [5.74, 6) is 1.63. The Morgan fingerprint density at radius 3 is 1.96 bits per heavy atom. The Morgan fingerprint density at radius 2 is 1.43 bits per heavy atom. The molecule has 0 aliphatic carbocycles. The van der Waals surface area contributed by atoms with E-state index in [-0.39, 0.29) is 55.3 Å². The normalized spacial score (nSPS) is 13.0. The molecule has 1 N–H and O–H groups in total. The van der Waals surface area contributed by atoms with Crippen molar-refractivity contribution in [1.82, 2.24) is 9.97 Å². The van der Waals surface area contributed by atoms with Crippen LogP contribution < -0.4 is 0 Å². The number of alkyl halides is 3. The third kappa shape index (κ3) is 12.1. The second-order valence-electron chi connectivity index (χ2n) is 17.0. The van der Waals surface area contributed by atoms with E-state index in [1.165, 1.54) is 42.2 Å². The van der Waals surface area contributed by atoms with Crippen molar-refractivity contribution in [3.8, 4) is 21.8 Å². The third-order valence-corrected chi connectivity index (χ3v) is 10.6. The molecule has 0 aliphatic rings. The van der Waals surface area contributed by atoms with Crippen molar-refractivity contribution in [2.75, 3.05) is 0 Å². The molecule has 0 aliphatic heterocycles. The fourth-order valence-electron chi connectivity index (χ4n) is 6.99. The summed E-state index contributed by atoms with van der Waals surface area (Å²) in [4.78, 5) is 21.4. The van der Waals surface area contributed by atoms with Gasteiger partial charge in [0, 0.05) is 67.3 Å². The number of ketones is 1. The first kappa shape index (κ1) is 46.3. The van der Waals surface area contributed by atoms with Crippen LogP contribution in [-0.4, -0.2) is 27.0 Å². The molecule has 0 saturated heterocycles. The fourth-order valence-corrected chi connectivity index (χ4v) is 7.81. The van der Waals surface area contributed by atoms with Gasteiger partial charge in [0.2, 0.25) is 0 Å². The van der Waals surface area contributed by atoms with Gasteiger partial charge in [0.25, 0.3) is 0 Å². The standard InChI is InChI=1S/C27H26F3N2S.C17H32O2.Ir/c1-25(2,3)22-13-19(12-17-8-6-7-9-21(17)22)23-14-18(10-11-31-23)24-32-20(16-33-24)15-26(4,5)27(28,29)30;1-10(2)16(11(3)4)14(18)9-15(19)17(12(5)6)13(7)8;/h6-11,13-14,16H,15H2,1-5H3;9-13,16-18H,1-8H3;/q-1;;/b;14-9-;. The summed E-state index contributed by atoms with van der Waals surface area (Å²) in [5, 5.41) is 14.9. The molecule has 0 unspecified atom stereocenters. The smallest absolute Gasteiger partial charge is 0.394 e. The molecule has 53 heavy (non-hydrogen) atoms. The number of aromatic nitrogens is 2. The number of carbonyl (C=O) groups excluding carboxylic acids is 1. The molecular weight excluding hydrogens is 870 g/mol. The first-order valence-corrected chi connectivity index (χ1v) is 19.2. The SMILES string of the molecule is CC(C)(C)c1cc(-c2cc(-c3nc(CC(C)(C)C(F)(F)F)cs3)ccn2)[c-]c2ccccc12.CC(C)C(C(=O)/C=C(\O)C(C(C)C)C(C)C)C(C)C.[Ir]. The van der Waals surface area contributed by atoms with E-state index in [0.29, 0.717) is 34.4 Å². The van der Waals surface area contributed by atoms with Crippen LogP contribution in [0, 0.1) is 47.0 Å². The largest absolute Gasteiger partial charge is 0.512 e. The van der Waals surface area contributed by atoms with E-state index in [4.69, 9.17) is 0 Å². The van der Waals surface area contributed by atoms with Gasteiger partial charge in [-0.2, -0.15) is 13.2 Å². The number of thiazole rings is 1. The van der Waals surface area contributed by atoms with Crippen LogP contribution in [0.4, 0.5) is 13.2 Å². The third-order valence-electron chi connectivity index (χ3n) is 9.64. The Bertz CT molecular complexity index is 1820. The number of allylic oxidation sites excluding steroid dienone is 2. The average molecular weight is 928 g/mol. The van der Waals surface area contributed by atoms with Crippen LogP contribution in [0.2, 0.25) is 0 Å². The van der Waals surface area contributed by atoms with Gasteiger partial charge in [0.1, 0.15) is 5.01 Å². The van der Waals surface area contributed by atoms with Crippen LogP contribution in [-0.2, 0) is 36.7 Å². The number of carbonyl (C=O) groups is 1.